The fourth-order valence-electron chi connectivity index (χ4n) is 3.39. The number of hydrogen-bond donors (Lipinski definition) is 2. The number of nitrogens with one attached hydrogen (secondary N) is 2. The average Bonchev–Trinajstić information content (AvgIpc) is 3.12. The van der Waals surface area contributed by atoms with Crippen LogP contribution in [0.25, 0.3) is 0 Å². The highest BCUT2D eigenvalue weighted by atomic mass is 35.5. The Morgan fingerprint density at radius 2 is 1.85 bits per heavy atom. The number of aromatic nitrogens is 3. The van der Waals surface area contributed by atoms with E-state index >= 15 is 0 Å². The van der Waals surface area contributed by atoms with Gasteiger partial charge in [0.2, 0.25) is 5.91 Å². The Balaban J connectivity index is 1.68. The Kier molecular flexibility index (Phi) is 8.15. The first kappa shape index (κ1) is 24.8. The predicted octanol–water partition coefficient (Wildman–Crippen LogP) is 4.94. The maximum absolute atomic E-state index is 12.8. The van der Waals surface area contributed by atoms with Crippen molar-refractivity contribution in [3.8, 4) is 0 Å². The van der Waals surface area contributed by atoms with Crippen LogP contribution in [-0.4, -0.2) is 32.3 Å². The molecule has 0 aliphatic rings. The number of carbonyl (C=O) groups excluding carboxylic acids is 2. The number of aryl methyl sites for hydroxylation is 2. The second kappa shape index (κ2) is 10.9. The number of benzene rings is 2. The lowest BCUT2D eigenvalue weighted by Gasteiger charge is -2.22. The van der Waals surface area contributed by atoms with E-state index in [1.807, 2.05) is 57.5 Å². The van der Waals surface area contributed by atoms with Crippen molar-refractivity contribution >= 4 is 40.9 Å². The Bertz CT molecular complexity index is 1160. The quantitative estimate of drug-likeness (QED) is 0.441. The molecule has 0 aliphatic carbocycles. The second-order valence-electron chi connectivity index (χ2n) is 8.23. The molecule has 9 heteroatoms. The van der Waals surface area contributed by atoms with Gasteiger partial charge in [-0.25, -0.2) is 0 Å². The number of anilines is 1. The van der Waals surface area contributed by atoms with E-state index < -0.39 is 0 Å². The molecule has 3 aromatic rings. The summed E-state index contributed by atoms with van der Waals surface area (Å²) in [6.07, 6.45) is 0. The molecule has 33 heavy (non-hydrogen) atoms. The summed E-state index contributed by atoms with van der Waals surface area (Å²) in [5.74, 6) is 0.471. The number of carbonyl (C=O) groups is 2. The molecule has 0 fully saturated rings. The number of amides is 2. The normalized spacial score (nSPS) is 12.0. The average molecular weight is 486 g/mol. The zero-order chi connectivity index (χ0) is 24.1. The van der Waals surface area contributed by atoms with E-state index in [1.54, 1.807) is 24.3 Å². The lowest BCUT2D eigenvalue weighted by Crippen LogP contribution is -2.33. The van der Waals surface area contributed by atoms with Gasteiger partial charge in [0.1, 0.15) is 0 Å². The van der Waals surface area contributed by atoms with Crippen molar-refractivity contribution in [3.05, 3.63) is 70.0 Å². The van der Waals surface area contributed by atoms with Gasteiger partial charge >= 0.3 is 0 Å². The van der Waals surface area contributed by atoms with Crippen LogP contribution < -0.4 is 10.6 Å². The maximum atomic E-state index is 12.8. The van der Waals surface area contributed by atoms with Crippen molar-refractivity contribution in [1.82, 2.24) is 20.1 Å². The summed E-state index contributed by atoms with van der Waals surface area (Å²) in [5, 5.41) is 15.5. The minimum atomic E-state index is -0.371. The van der Waals surface area contributed by atoms with Crippen LogP contribution in [0.5, 0.6) is 0 Å². The molecule has 0 saturated heterocycles. The van der Waals surface area contributed by atoms with E-state index in [1.165, 1.54) is 11.8 Å². The van der Waals surface area contributed by atoms with Crippen molar-refractivity contribution < 1.29 is 9.59 Å². The van der Waals surface area contributed by atoms with Gasteiger partial charge in [0, 0.05) is 12.7 Å². The maximum Gasteiger partial charge on any atom is 0.253 e. The fraction of sp³-hybridized carbons (Fsp3) is 0.333. The molecule has 0 aliphatic heterocycles. The molecule has 2 amide bonds. The number of nitrogens with zero attached hydrogens (tertiary/aromatic N) is 3. The van der Waals surface area contributed by atoms with Crippen LogP contribution in [0.1, 0.15) is 47.2 Å². The van der Waals surface area contributed by atoms with Crippen molar-refractivity contribution in [2.75, 3.05) is 11.1 Å². The standard InChI is InChI=1S/C24H28ClN5O2S/c1-14(2)21(27-23(32)17-8-6-7-9-18(17)25)22-28-29-24(30(22)5)33-13-20(31)26-19-11-10-15(3)12-16(19)4/h6-12,14,21H,13H2,1-5H3,(H,26,31)(H,27,32)/t21-/m1/s1. The molecule has 1 aromatic heterocycles. The monoisotopic (exact) mass is 485 g/mol. The molecule has 1 heterocycles. The molecule has 7 nitrogen and oxygen atoms in total. The van der Waals surface area contributed by atoms with Gasteiger partial charge in [-0.05, 0) is 43.5 Å². The number of rotatable bonds is 8. The predicted molar refractivity (Wildman–Crippen MR) is 133 cm³/mol. The Hall–Kier alpha value is -2.84. The van der Waals surface area contributed by atoms with Crippen molar-refractivity contribution in [3.63, 3.8) is 0 Å². The van der Waals surface area contributed by atoms with Gasteiger partial charge in [-0.1, -0.05) is 67.0 Å². The second-order valence-corrected chi connectivity index (χ2v) is 9.58. The van der Waals surface area contributed by atoms with E-state index in [-0.39, 0.29) is 29.5 Å². The lowest BCUT2D eigenvalue weighted by molar-refractivity contribution is -0.113. The van der Waals surface area contributed by atoms with E-state index in [0.29, 0.717) is 21.6 Å². The molecule has 0 radical (unpaired) electrons. The topological polar surface area (TPSA) is 88.9 Å². The van der Waals surface area contributed by atoms with E-state index in [2.05, 4.69) is 20.8 Å². The minimum Gasteiger partial charge on any atom is -0.342 e. The first-order valence-corrected chi connectivity index (χ1v) is 12.0. The largest absolute Gasteiger partial charge is 0.342 e. The molecule has 2 N–H and O–H groups in total. The Morgan fingerprint density at radius 1 is 1.12 bits per heavy atom. The molecule has 2 aromatic carbocycles. The lowest BCUT2D eigenvalue weighted by atomic mass is 10.0. The number of thioether (sulfide) groups is 1. The van der Waals surface area contributed by atoms with Crippen LogP contribution in [-0.2, 0) is 11.8 Å². The third kappa shape index (κ3) is 6.15. The fourth-order valence-corrected chi connectivity index (χ4v) is 4.33. The van der Waals surface area contributed by atoms with Crippen molar-refractivity contribution in [1.29, 1.82) is 0 Å². The van der Waals surface area contributed by atoms with Crippen LogP contribution in [0.4, 0.5) is 5.69 Å². The Labute approximate surface area is 203 Å². The molecular weight excluding hydrogens is 458 g/mol. The summed E-state index contributed by atoms with van der Waals surface area (Å²) in [6, 6.07) is 12.4. The third-order valence-corrected chi connectivity index (χ3v) is 6.56. The molecule has 174 valence electrons. The van der Waals surface area contributed by atoms with E-state index in [0.717, 1.165) is 16.8 Å². The Morgan fingerprint density at radius 3 is 2.52 bits per heavy atom. The first-order chi connectivity index (χ1) is 15.7. The van der Waals surface area contributed by atoms with Gasteiger partial charge in [-0.15, -0.1) is 10.2 Å². The molecule has 3 rings (SSSR count). The van der Waals surface area contributed by atoms with Gasteiger partial charge in [0.25, 0.3) is 5.91 Å². The summed E-state index contributed by atoms with van der Waals surface area (Å²) in [5.41, 5.74) is 3.37. The van der Waals surface area contributed by atoms with E-state index in [9.17, 15) is 9.59 Å². The zero-order valence-corrected chi connectivity index (χ0v) is 20.9. The molecule has 0 spiro atoms. The molecule has 0 saturated carbocycles. The highest BCUT2D eigenvalue weighted by Gasteiger charge is 2.26. The number of halogens is 1. The molecule has 0 bridgehead atoms. The van der Waals surface area contributed by atoms with Crippen molar-refractivity contribution in [2.24, 2.45) is 13.0 Å². The van der Waals surface area contributed by atoms with E-state index in [4.69, 9.17) is 11.6 Å². The van der Waals surface area contributed by atoms with Crippen LogP contribution in [0.15, 0.2) is 47.6 Å². The van der Waals surface area contributed by atoms with Crippen LogP contribution in [0, 0.1) is 19.8 Å². The summed E-state index contributed by atoms with van der Waals surface area (Å²) >= 11 is 7.47. The molecule has 1 atom stereocenters. The molecular formula is C24H28ClN5O2S. The van der Waals surface area contributed by atoms with Gasteiger partial charge in [0.15, 0.2) is 11.0 Å². The van der Waals surface area contributed by atoms with Crippen molar-refractivity contribution in [2.45, 2.75) is 38.9 Å². The van der Waals surface area contributed by atoms with Gasteiger partial charge in [0.05, 0.1) is 22.4 Å². The highest BCUT2D eigenvalue weighted by Crippen LogP contribution is 2.25. The summed E-state index contributed by atoms with van der Waals surface area (Å²) in [6.45, 7) is 7.97. The van der Waals surface area contributed by atoms with Gasteiger partial charge in [-0.2, -0.15) is 0 Å². The van der Waals surface area contributed by atoms with Crippen LogP contribution in [0.2, 0.25) is 5.02 Å². The van der Waals surface area contributed by atoms with Crippen LogP contribution in [0.3, 0.4) is 0 Å². The molecule has 0 unspecified atom stereocenters. The van der Waals surface area contributed by atoms with Gasteiger partial charge in [-0.3, -0.25) is 9.59 Å². The zero-order valence-electron chi connectivity index (χ0n) is 19.3. The third-order valence-electron chi connectivity index (χ3n) is 5.21. The minimum absolute atomic E-state index is 0.0602. The summed E-state index contributed by atoms with van der Waals surface area (Å²) in [7, 11) is 1.83. The first-order valence-electron chi connectivity index (χ1n) is 10.6. The highest BCUT2D eigenvalue weighted by molar-refractivity contribution is 7.99. The smallest absolute Gasteiger partial charge is 0.253 e. The van der Waals surface area contributed by atoms with Crippen LogP contribution >= 0.6 is 23.4 Å². The summed E-state index contributed by atoms with van der Waals surface area (Å²) in [4.78, 5) is 25.3. The summed E-state index contributed by atoms with van der Waals surface area (Å²) < 4.78 is 1.81. The van der Waals surface area contributed by atoms with Gasteiger partial charge < -0.3 is 15.2 Å². The SMILES string of the molecule is Cc1ccc(NC(=O)CSc2nnc([C@H](NC(=O)c3ccccc3Cl)C(C)C)n2C)c(C)c1. The number of hydrogen-bond acceptors (Lipinski definition) is 5.